The Bertz CT molecular complexity index is 1050. The van der Waals surface area contributed by atoms with E-state index in [9.17, 15) is 9.59 Å². The quantitative estimate of drug-likeness (QED) is 0.671. The Morgan fingerprint density at radius 3 is 2.56 bits per heavy atom. The summed E-state index contributed by atoms with van der Waals surface area (Å²) in [6.07, 6.45) is 0.816. The molecule has 6 heteroatoms. The molecule has 0 aliphatic carbocycles. The number of fused-ring (bicyclic) bond motifs is 1. The van der Waals surface area contributed by atoms with Crippen LogP contribution in [0.5, 0.6) is 0 Å². The fourth-order valence-electron chi connectivity index (χ4n) is 2.54. The van der Waals surface area contributed by atoms with Crippen molar-refractivity contribution in [1.82, 2.24) is 0 Å². The van der Waals surface area contributed by atoms with E-state index in [2.05, 4.69) is 16.7 Å². The lowest BCUT2D eigenvalue weighted by Gasteiger charge is -2.27. The van der Waals surface area contributed by atoms with Crippen molar-refractivity contribution in [3.63, 3.8) is 0 Å². The van der Waals surface area contributed by atoms with Gasteiger partial charge in [-0.1, -0.05) is 6.92 Å². The molecule has 1 heterocycles. The van der Waals surface area contributed by atoms with E-state index in [-0.39, 0.29) is 12.1 Å². The molecule has 0 saturated heterocycles. The Morgan fingerprint density at radius 1 is 1.16 bits per heavy atom. The maximum atomic E-state index is 11.8. The van der Waals surface area contributed by atoms with Crippen LogP contribution in [0.3, 0.4) is 0 Å². The maximum absolute atomic E-state index is 11.8. The zero-order valence-corrected chi connectivity index (χ0v) is 14.4. The van der Waals surface area contributed by atoms with E-state index in [1.165, 1.54) is 0 Å². The second kappa shape index (κ2) is 6.10. The fourth-order valence-corrected chi connectivity index (χ4v) is 2.54. The third-order valence-electron chi connectivity index (χ3n) is 4.39. The summed E-state index contributed by atoms with van der Waals surface area (Å²) >= 11 is 0. The molecule has 0 fully saturated rings. The Morgan fingerprint density at radius 2 is 1.88 bits per heavy atom. The second-order valence-electron chi connectivity index (χ2n) is 6.70. The molecule has 0 unspecified atom stereocenters. The van der Waals surface area contributed by atoms with Crippen LogP contribution in [-0.4, -0.2) is 5.54 Å². The first kappa shape index (κ1) is 16.8. The second-order valence-corrected chi connectivity index (χ2v) is 6.70. The summed E-state index contributed by atoms with van der Waals surface area (Å²) in [4.78, 5) is 23.7. The molecule has 0 amide bonds. The van der Waals surface area contributed by atoms with E-state index in [1.807, 2.05) is 26.8 Å². The summed E-state index contributed by atoms with van der Waals surface area (Å²) in [5, 5.41) is 15.9. The third-order valence-corrected chi connectivity index (χ3v) is 4.39. The Labute approximate surface area is 144 Å². The minimum absolute atomic E-state index is 0.272. The number of nitrogens with one attached hydrogen (secondary N) is 2. The number of hydrogen-bond acceptors (Lipinski definition) is 6. The SMILES string of the molecule is CCC(C)(C)Nc1c(NCc2cc3cc(C#N)ccc3o2)c(=O)c1=O. The molecule has 2 aromatic carbocycles. The van der Waals surface area contributed by atoms with Gasteiger partial charge in [-0.15, -0.1) is 0 Å². The van der Waals surface area contributed by atoms with Crippen molar-refractivity contribution in [2.75, 3.05) is 10.6 Å². The summed E-state index contributed by atoms with van der Waals surface area (Å²) in [7, 11) is 0. The number of nitrogens with zero attached hydrogens (tertiary/aromatic N) is 1. The standard InChI is InChI=1S/C19H19N3O3/c1-4-19(2,3)22-16-15(17(23)18(16)24)21-10-13-8-12-7-11(9-20)5-6-14(12)25-13/h5-8,21-22H,4,10H2,1-3H3. The minimum Gasteiger partial charge on any atom is -0.459 e. The Kier molecular flexibility index (Phi) is 4.09. The van der Waals surface area contributed by atoms with Gasteiger partial charge >= 0.3 is 0 Å². The van der Waals surface area contributed by atoms with Crippen LogP contribution in [0.4, 0.5) is 11.4 Å². The lowest BCUT2D eigenvalue weighted by atomic mass is 10.0. The van der Waals surface area contributed by atoms with Crippen molar-refractivity contribution < 1.29 is 4.42 Å². The molecule has 0 saturated carbocycles. The average Bonchev–Trinajstić information content (AvgIpc) is 3.02. The molecule has 0 bridgehead atoms. The number of nitriles is 1. The molecule has 25 heavy (non-hydrogen) atoms. The molecule has 3 rings (SSSR count). The van der Waals surface area contributed by atoms with Crippen molar-refractivity contribution in [3.05, 3.63) is 56.0 Å². The molecule has 0 aliphatic rings. The molecular formula is C19H19N3O3. The molecule has 0 aliphatic heterocycles. The predicted molar refractivity (Wildman–Crippen MR) is 97.6 cm³/mol. The van der Waals surface area contributed by atoms with E-state index in [0.717, 1.165) is 11.8 Å². The molecular weight excluding hydrogens is 318 g/mol. The van der Waals surface area contributed by atoms with Crippen LogP contribution in [0.25, 0.3) is 11.0 Å². The molecule has 0 spiro atoms. The summed E-state index contributed by atoms with van der Waals surface area (Å²) < 4.78 is 5.69. The minimum atomic E-state index is -0.516. The Hall–Kier alpha value is -3.07. The van der Waals surface area contributed by atoms with E-state index in [1.54, 1.807) is 18.2 Å². The number of hydrogen-bond donors (Lipinski definition) is 2. The van der Waals surface area contributed by atoms with Crippen LogP contribution >= 0.6 is 0 Å². The zero-order valence-electron chi connectivity index (χ0n) is 14.4. The van der Waals surface area contributed by atoms with Gasteiger partial charge in [-0.2, -0.15) is 5.26 Å². The van der Waals surface area contributed by atoms with Crippen molar-refractivity contribution in [2.24, 2.45) is 0 Å². The van der Waals surface area contributed by atoms with Crippen molar-refractivity contribution in [3.8, 4) is 6.07 Å². The largest absolute Gasteiger partial charge is 0.459 e. The maximum Gasteiger partial charge on any atom is 0.253 e. The van der Waals surface area contributed by atoms with Crippen LogP contribution in [0.1, 0.15) is 38.5 Å². The van der Waals surface area contributed by atoms with Gasteiger partial charge in [0.15, 0.2) is 0 Å². The summed E-state index contributed by atoms with van der Waals surface area (Å²) in [5.74, 6) is 0.624. The Balaban J connectivity index is 1.79. The topological polar surface area (TPSA) is 95.1 Å². The van der Waals surface area contributed by atoms with Crippen molar-refractivity contribution >= 4 is 22.3 Å². The molecule has 1 aromatic heterocycles. The van der Waals surface area contributed by atoms with Crippen molar-refractivity contribution in [1.29, 1.82) is 5.26 Å². The molecule has 0 atom stereocenters. The van der Waals surface area contributed by atoms with Gasteiger partial charge in [-0.3, -0.25) is 9.59 Å². The fraction of sp³-hybridized carbons (Fsp3) is 0.316. The van der Waals surface area contributed by atoms with E-state index < -0.39 is 10.9 Å². The summed E-state index contributed by atoms with van der Waals surface area (Å²) in [5.41, 5.74) is 0.579. The monoisotopic (exact) mass is 337 g/mol. The van der Waals surface area contributed by atoms with Crippen molar-refractivity contribution in [2.45, 2.75) is 39.3 Å². The zero-order chi connectivity index (χ0) is 18.2. The van der Waals surface area contributed by atoms with Crippen LogP contribution in [0.2, 0.25) is 0 Å². The summed E-state index contributed by atoms with van der Waals surface area (Å²) in [6.45, 7) is 6.23. The highest BCUT2D eigenvalue weighted by molar-refractivity contribution is 5.80. The van der Waals surface area contributed by atoms with Gasteiger partial charge in [-0.25, -0.2) is 0 Å². The number of benzene rings is 1. The summed E-state index contributed by atoms with van der Waals surface area (Å²) in [6, 6.07) is 9.08. The number of rotatable bonds is 6. The lowest BCUT2D eigenvalue weighted by molar-refractivity contribution is 0.545. The first-order chi connectivity index (χ1) is 11.8. The van der Waals surface area contributed by atoms with Gasteiger partial charge in [0.05, 0.1) is 18.2 Å². The molecule has 2 N–H and O–H groups in total. The van der Waals surface area contributed by atoms with Crippen LogP contribution in [0.15, 0.2) is 38.3 Å². The highest BCUT2D eigenvalue weighted by atomic mass is 16.3. The molecule has 128 valence electrons. The third kappa shape index (κ3) is 3.13. The van der Waals surface area contributed by atoms with Crippen LogP contribution < -0.4 is 21.5 Å². The average molecular weight is 337 g/mol. The predicted octanol–water partition coefficient (Wildman–Crippen LogP) is 3.11. The van der Waals surface area contributed by atoms with Crippen LogP contribution in [-0.2, 0) is 6.54 Å². The van der Waals surface area contributed by atoms with Gasteiger partial charge in [0, 0.05) is 10.9 Å². The van der Waals surface area contributed by atoms with Gasteiger partial charge < -0.3 is 15.1 Å². The van der Waals surface area contributed by atoms with Crippen LogP contribution in [0, 0.1) is 11.3 Å². The van der Waals surface area contributed by atoms with Gasteiger partial charge in [0.1, 0.15) is 22.7 Å². The van der Waals surface area contributed by atoms with Gasteiger partial charge in [0.2, 0.25) is 0 Å². The number of furan rings is 1. The highest BCUT2D eigenvalue weighted by Crippen LogP contribution is 2.24. The van der Waals surface area contributed by atoms with E-state index >= 15 is 0 Å². The highest BCUT2D eigenvalue weighted by Gasteiger charge is 2.26. The normalized spacial score (nSPS) is 11.6. The van der Waals surface area contributed by atoms with Gasteiger partial charge in [-0.05, 0) is 44.5 Å². The first-order valence-corrected chi connectivity index (χ1v) is 8.12. The smallest absolute Gasteiger partial charge is 0.253 e. The molecule has 6 nitrogen and oxygen atoms in total. The van der Waals surface area contributed by atoms with E-state index in [4.69, 9.17) is 9.68 Å². The first-order valence-electron chi connectivity index (χ1n) is 8.12. The van der Waals surface area contributed by atoms with Gasteiger partial charge in [0.25, 0.3) is 10.9 Å². The molecule has 0 radical (unpaired) electrons. The van der Waals surface area contributed by atoms with E-state index in [0.29, 0.717) is 28.3 Å². The number of anilines is 2. The molecule has 3 aromatic rings. The lowest BCUT2D eigenvalue weighted by Crippen LogP contribution is -2.42.